The van der Waals surface area contributed by atoms with Gasteiger partial charge in [0, 0.05) is 3.92 Å². The van der Waals surface area contributed by atoms with Gasteiger partial charge in [-0.05, 0) is 30.5 Å². The van der Waals surface area contributed by atoms with Gasteiger partial charge in [0.1, 0.15) is 0 Å². The Morgan fingerprint density at radius 1 is 1.09 bits per heavy atom. The predicted octanol–water partition coefficient (Wildman–Crippen LogP) is 7.75. The van der Waals surface area contributed by atoms with Crippen LogP contribution in [0.1, 0.15) is 79.6 Å². The Morgan fingerprint density at radius 3 is 2.09 bits per heavy atom. The van der Waals surface area contributed by atoms with E-state index in [0.717, 1.165) is 0 Å². The number of hydrogen-bond donors (Lipinski definition) is 0. The molecule has 0 bridgehead atoms. The summed E-state index contributed by atoms with van der Waals surface area (Å²) in [5, 5.41) is 0.267. The van der Waals surface area contributed by atoms with Crippen molar-refractivity contribution in [2.45, 2.75) is 108 Å². The fourth-order valence-corrected chi connectivity index (χ4v) is 5.38. The van der Waals surface area contributed by atoms with Gasteiger partial charge in [-0.1, -0.05) is 102 Å². The van der Waals surface area contributed by atoms with Crippen molar-refractivity contribution in [1.29, 1.82) is 0 Å². The van der Waals surface area contributed by atoms with E-state index in [0.29, 0.717) is 15.9 Å². The molecule has 0 aliphatic carbocycles. The predicted molar refractivity (Wildman–Crippen MR) is 117 cm³/mol. The lowest BCUT2D eigenvalue weighted by Crippen LogP contribution is -2.47. The number of alkyl halides is 1. The molecule has 0 radical (unpaired) electrons. The van der Waals surface area contributed by atoms with Crippen molar-refractivity contribution in [1.82, 2.24) is 0 Å². The summed E-state index contributed by atoms with van der Waals surface area (Å²) in [4.78, 5) is 0. The van der Waals surface area contributed by atoms with Crippen molar-refractivity contribution in [3.05, 3.63) is 12.7 Å². The van der Waals surface area contributed by atoms with E-state index >= 15 is 0 Å². The lowest BCUT2D eigenvalue weighted by molar-refractivity contribution is 0.143. The highest BCUT2D eigenvalue weighted by atomic mass is 127. The lowest BCUT2D eigenvalue weighted by atomic mass is 9.98. The van der Waals surface area contributed by atoms with Crippen LogP contribution in [0.4, 0.5) is 0 Å². The van der Waals surface area contributed by atoms with E-state index in [4.69, 9.17) is 4.43 Å². The molecular formula is C20H41IOSi. The van der Waals surface area contributed by atoms with Gasteiger partial charge in [0.2, 0.25) is 0 Å². The molecule has 0 aliphatic rings. The summed E-state index contributed by atoms with van der Waals surface area (Å²) < 4.78 is 7.36. The van der Waals surface area contributed by atoms with Crippen molar-refractivity contribution in [2.75, 3.05) is 0 Å². The van der Waals surface area contributed by atoms with Gasteiger partial charge in [-0.15, -0.1) is 6.58 Å². The van der Waals surface area contributed by atoms with Crippen LogP contribution in [0.2, 0.25) is 18.1 Å². The Hall–Kier alpha value is 0.647. The van der Waals surface area contributed by atoms with Crippen LogP contribution in [0.25, 0.3) is 0 Å². The number of unbranched alkanes of at least 4 members (excludes halogenated alkanes) is 5. The molecule has 0 spiro atoms. The molecule has 0 saturated heterocycles. The summed E-state index contributed by atoms with van der Waals surface area (Å²) in [7, 11) is -1.73. The molecule has 0 amide bonds. The first-order chi connectivity index (χ1) is 10.6. The maximum Gasteiger partial charge on any atom is 0.192 e. The minimum Gasteiger partial charge on any atom is -0.412 e. The molecule has 0 aromatic carbocycles. The highest BCUT2D eigenvalue weighted by Crippen LogP contribution is 2.39. The summed E-state index contributed by atoms with van der Waals surface area (Å²) in [5.41, 5.74) is 0. The first-order valence-corrected chi connectivity index (χ1v) is 13.7. The molecule has 1 nitrogen and oxygen atoms in total. The maximum absolute atomic E-state index is 6.77. The largest absolute Gasteiger partial charge is 0.412 e. The molecule has 0 fully saturated rings. The molecule has 3 atom stereocenters. The van der Waals surface area contributed by atoms with Gasteiger partial charge in [-0.3, -0.25) is 0 Å². The smallest absolute Gasteiger partial charge is 0.192 e. The molecule has 0 saturated carbocycles. The fourth-order valence-electron chi connectivity index (χ4n) is 2.45. The van der Waals surface area contributed by atoms with E-state index in [1.54, 1.807) is 0 Å². The Morgan fingerprint density at radius 2 is 1.61 bits per heavy atom. The zero-order valence-corrected chi connectivity index (χ0v) is 19.9. The highest BCUT2D eigenvalue weighted by Gasteiger charge is 2.41. The molecule has 0 aromatic heterocycles. The second kappa shape index (κ2) is 11.3. The van der Waals surface area contributed by atoms with Crippen LogP contribution in [0, 0.1) is 5.92 Å². The summed E-state index contributed by atoms with van der Waals surface area (Å²) in [5.74, 6) is 0.422. The Labute approximate surface area is 161 Å². The van der Waals surface area contributed by atoms with Gasteiger partial charge in [0.25, 0.3) is 0 Å². The van der Waals surface area contributed by atoms with E-state index in [2.05, 4.69) is 83.0 Å². The standard InChI is InChI=1S/C20H41IOSi/c1-9-11-12-13-14-15-16-18(21)19(17(3)10-2)22-23(7,8)20(4,5)6/h10,17-19H,2,9,11-16H2,1,3-8H3/t17?,18-,19+/m1/s1. The van der Waals surface area contributed by atoms with Crippen LogP contribution in [-0.4, -0.2) is 18.3 Å². The number of rotatable bonds is 12. The third-order valence-corrected chi connectivity index (χ3v) is 11.1. The van der Waals surface area contributed by atoms with Gasteiger partial charge < -0.3 is 4.43 Å². The van der Waals surface area contributed by atoms with E-state index in [1.165, 1.54) is 44.9 Å². The molecule has 138 valence electrons. The van der Waals surface area contributed by atoms with Gasteiger partial charge in [-0.2, -0.15) is 0 Å². The molecule has 0 heterocycles. The second-order valence-corrected chi connectivity index (χ2v) is 14.9. The van der Waals surface area contributed by atoms with E-state index in [-0.39, 0.29) is 5.04 Å². The Bertz CT molecular complexity index is 322. The van der Waals surface area contributed by atoms with Crippen molar-refractivity contribution in [3.63, 3.8) is 0 Å². The van der Waals surface area contributed by atoms with Crippen LogP contribution < -0.4 is 0 Å². The van der Waals surface area contributed by atoms with Crippen LogP contribution in [0.15, 0.2) is 12.7 Å². The van der Waals surface area contributed by atoms with Gasteiger partial charge >= 0.3 is 0 Å². The molecule has 3 heteroatoms. The first-order valence-electron chi connectivity index (χ1n) is 9.51. The molecule has 0 aliphatic heterocycles. The summed E-state index contributed by atoms with van der Waals surface area (Å²) in [6.07, 6.45) is 11.9. The van der Waals surface area contributed by atoms with E-state index in [1.807, 2.05) is 0 Å². The van der Waals surface area contributed by atoms with Crippen molar-refractivity contribution >= 4 is 30.9 Å². The molecule has 23 heavy (non-hydrogen) atoms. The van der Waals surface area contributed by atoms with Gasteiger partial charge in [0.05, 0.1) is 6.10 Å². The monoisotopic (exact) mass is 452 g/mol. The van der Waals surface area contributed by atoms with Crippen molar-refractivity contribution in [2.24, 2.45) is 5.92 Å². The van der Waals surface area contributed by atoms with Gasteiger partial charge in [0.15, 0.2) is 8.32 Å². The molecule has 0 N–H and O–H groups in total. The zero-order chi connectivity index (χ0) is 18.1. The third-order valence-electron chi connectivity index (χ3n) is 5.32. The first kappa shape index (κ1) is 23.6. The topological polar surface area (TPSA) is 9.23 Å². The molecule has 1 unspecified atom stereocenters. The minimum absolute atomic E-state index is 0.267. The molecule has 0 aromatic rings. The molecular weight excluding hydrogens is 411 g/mol. The summed E-state index contributed by atoms with van der Waals surface area (Å²) >= 11 is 2.63. The Balaban J connectivity index is 4.57. The normalized spacial score (nSPS) is 16.9. The minimum atomic E-state index is -1.73. The number of hydrogen-bond acceptors (Lipinski definition) is 1. The maximum atomic E-state index is 6.77. The van der Waals surface area contributed by atoms with Crippen molar-refractivity contribution < 1.29 is 4.43 Å². The summed E-state index contributed by atoms with van der Waals surface area (Å²) in [6, 6.07) is 0. The van der Waals surface area contributed by atoms with Gasteiger partial charge in [-0.25, -0.2) is 0 Å². The summed E-state index contributed by atoms with van der Waals surface area (Å²) in [6.45, 7) is 20.3. The van der Waals surface area contributed by atoms with E-state index in [9.17, 15) is 0 Å². The van der Waals surface area contributed by atoms with Crippen LogP contribution >= 0.6 is 22.6 Å². The highest BCUT2D eigenvalue weighted by molar-refractivity contribution is 14.1. The molecule has 0 rings (SSSR count). The second-order valence-electron chi connectivity index (χ2n) is 8.51. The number of halogens is 1. The zero-order valence-electron chi connectivity index (χ0n) is 16.8. The average Bonchev–Trinajstić information content (AvgIpc) is 2.46. The van der Waals surface area contributed by atoms with Crippen molar-refractivity contribution in [3.8, 4) is 0 Å². The van der Waals surface area contributed by atoms with E-state index < -0.39 is 8.32 Å². The lowest BCUT2D eigenvalue weighted by Gasteiger charge is -2.42. The SMILES string of the molecule is C=CC(C)[C@H](O[Si](C)(C)C(C)(C)C)[C@H](I)CCCCCCCC. The average molecular weight is 453 g/mol. The quantitative estimate of drug-likeness (QED) is 0.0967. The van der Waals surface area contributed by atoms with Crippen LogP contribution in [0.3, 0.4) is 0 Å². The third kappa shape index (κ3) is 9.06. The van der Waals surface area contributed by atoms with Crippen LogP contribution in [0.5, 0.6) is 0 Å². The van der Waals surface area contributed by atoms with Crippen LogP contribution in [-0.2, 0) is 4.43 Å². The Kier molecular flexibility index (Phi) is 11.6. The fraction of sp³-hybridized carbons (Fsp3) is 0.900.